The molecule has 2 aromatic carbocycles. The van der Waals surface area contributed by atoms with Crippen molar-refractivity contribution in [3.63, 3.8) is 0 Å². The zero-order valence-corrected chi connectivity index (χ0v) is 20.3. The molecule has 0 aliphatic heterocycles. The van der Waals surface area contributed by atoms with Gasteiger partial charge in [-0.15, -0.1) is 0 Å². The molecule has 0 aliphatic rings. The van der Waals surface area contributed by atoms with Crippen molar-refractivity contribution >= 4 is 30.1 Å². The van der Waals surface area contributed by atoms with Crippen molar-refractivity contribution in [1.82, 2.24) is 0 Å². The van der Waals surface area contributed by atoms with Crippen LogP contribution in [0.15, 0.2) is 56.0 Å². The molecule has 0 aliphatic carbocycles. The minimum absolute atomic E-state index is 0. The van der Waals surface area contributed by atoms with Crippen LogP contribution in [-0.2, 0) is 30.1 Å². The topological polar surface area (TPSA) is 189 Å². The van der Waals surface area contributed by atoms with Crippen LogP contribution in [0.4, 0.5) is 0 Å². The van der Waals surface area contributed by atoms with Crippen molar-refractivity contribution in [1.29, 1.82) is 0 Å². The molecule has 2 rings (SSSR count). The Hall–Kier alpha value is -0.190. The summed E-state index contributed by atoms with van der Waals surface area (Å²) in [4.78, 5) is -3.88. The van der Waals surface area contributed by atoms with Gasteiger partial charge < -0.3 is 10.2 Å². The molecule has 0 bridgehead atoms. The van der Waals surface area contributed by atoms with Crippen LogP contribution in [0, 0.1) is 0 Å². The molecule has 0 saturated heterocycles. The van der Waals surface area contributed by atoms with Crippen molar-refractivity contribution < 1.29 is 104 Å². The van der Waals surface area contributed by atoms with Crippen molar-refractivity contribution in [2.24, 2.45) is 0 Å². The molecule has 0 amide bonds. The molecule has 10 nitrogen and oxygen atoms in total. The summed E-state index contributed by atoms with van der Waals surface area (Å²) in [6, 6.07) is 3.44. The maximum atomic E-state index is 12.5. The average molecular weight is 454 g/mol. The van der Waals surface area contributed by atoms with Crippen LogP contribution in [0.2, 0.25) is 0 Å². The number of hydrogen-bond donors (Lipinski definition) is 2. The number of hydrogen-bond acceptors (Lipinski definition) is 8. The maximum absolute atomic E-state index is 12.5. The van der Waals surface area contributed by atoms with Gasteiger partial charge in [-0.1, -0.05) is 23.6 Å². The number of sulfone groups is 1. The number of benzene rings is 2. The minimum atomic E-state index is -5.00. The molecule has 0 atom stereocenters. The summed E-state index contributed by atoms with van der Waals surface area (Å²) in [5, 5.41) is 22.8. The Bertz CT molecular complexity index is 1080. The molecule has 0 unspecified atom stereocenters. The van der Waals surface area contributed by atoms with Crippen LogP contribution in [-0.4, -0.2) is 34.4 Å². The predicted molar refractivity (Wildman–Crippen MR) is 76.9 cm³/mol. The summed E-state index contributed by atoms with van der Waals surface area (Å²) >= 11 is 0. The Morgan fingerprint density at radius 3 is 1.19 bits per heavy atom. The molecule has 0 saturated carbocycles. The van der Waals surface area contributed by atoms with Gasteiger partial charge in [-0.25, -0.2) is 8.42 Å². The van der Waals surface area contributed by atoms with E-state index in [2.05, 4.69) is 0 Å². The molecule has 27 heavy (non-hydrogen) atoms. The smallest absolute Gasteiger partial charge is 0.872 e. The van der Waals surface area contributed by atoms with Crippen molar-refractivity contribution in [2.45, 2.75) is 19.6 Å². The molecule has 0 aromatic heterocycles. The van der Waals surface area contributed by atoms with Gasteiger partial charge in [0, 0.05) is 0 Å². The van der Waals surface area contributed by atoms with Gasteiger partial charge in [-0.2, -0.15) is 16.8 Å². The Balaban J connectivity index is 0.00000338. The molecule has 0 fully saturated rings. The molecule has 2 aromatic rings. The summed E-state index contributed by atoms with van der Waals surface area (Å²) in [7, 11) is -14.6. The molecule has 0 heterocycles. The molecule has 15 heteroatoms. The van der Waals surface area contributed by atoms with Crippen LogP contribution >= 0.6 is 0 Å². The standard InChI is InChI=1S/C12H10O10S3.2Na/c13-9-3-1-7(5-11(9)24(17,18)19)23(15,16)8-2-4-10(14)12(6-8)25(20,21)22;;/h1-6,13-14H,(H,17,18,19)(H,20,21,22);;/q;2*+1/p-2. The molecular weight excluding hydrogens is 446 g/mol. The first-order valence-electron chi connectivity index (χ1n) is 6.07. The van der Waals surface area contributed by atoms with Crippen molar-refractivity contribution in [3.8, 4) is 11.5 Å². The van der Waals surface area contributed by atoms with E-state index in [4.69, 9.17) is 9.11 Å². The average Bonchev–Trinajstić information content (AvgIpc) is 2.45. The summed E-state index contributed by atoms with van der Waals surface area (Å²) in [6.45, 7) is 0. The van der Waals surface area contributed by atoms with E-state index in [-0.39, 0.29) is 59.1 Å². The largest absolute Gasteiger partial charge is 1.00 e. The maximum Gasteiger partial charge on any atom is 1.00 e. The fourth-order valence-corrected chi connectivity index (χ4v) is 4.51. The fraction of sp³-hybridized carbons (Fsp3) is 0. The van der Waals surface area contributed by atoms with Gasteiger partial charge in [-0.05, 0) is 24.3 Å². The van der Waals surface area contributed by atoms with Crippen molar-refractivity contribution in [3.05, 3.63) is 36.4 Å². The van der Waals surface area contributed by atoms with Gasteiger partial charge in [0.05, 0.1) is 19.6 Å². The zero-order valence-electron chi connectivity index (χ0n) is 13.8. The second-order valence-electron chi connectivity index (χ2n) is 4.67. The van der Waals surface area contributed by atoms with Gasteiger partial charge in [0.15, 0.2) is 0 Å². The normalized spacial score (nSPS) is 11.9. The molecule has 136 valence electrons. The van der Waals surface area contributed by atoms with Crippen LogP contribution < -0.4 is 69.3 Å². The van der Waals surface area contributed by atoms with Gasteiger partial charge in [0.1, 0.15) is 0 Å². The minimum Gasteiger partial charge on any atom is -0.872 e. The Labute approximate surface area is 199 Å². The van der Waals surface area contributed by atoms with E-state index in [9.17, 15) is 35.5 Å². The van der Waals surface area contributed by atoms with Crippen LogP contribution in [0.25, 0.3) is 0 Å². The molecule has 0 radical (unpaired) electrons. The molecule has 2 N–H and O–H groups in total. The Morgan fingerprint density at radius 2 is 0.926 bits per heavy atom. The van der Waals surface area contributed by atoms with Crippen LogP contribution in [0.5, 0.6) is 11.5 Å². The van der Waals surface area contributed by atoms with Gasteiger partial charge in [0.25, 0.3) is 20.2 Å². The van der Waals surface area contributed by atoms with Crippen LogP contribution in [0.1, 0.15) is 0 Å². The predicted octanol–water partition coefficient (Wildman–Crippen LogP) is -6.83. The van der Waals surface area contributed by atoms with E-state index >= 15 is 0 Å². The van der Waals surface area contributed by atoms with Gasteiger partial charge >= 0.3 is 59.1 Å². The quantitative estimate of drug-likeness (QED) is 0.332. The zero-order chi connectivity index (χ0) is 19.2. The van der Waals surface area contributed by atoms with Crippen molar-refractivity contribution in [2.75, 3.05) is 0 Å². The summed E-state index contributed by atoms with van der Waals surface area (Å²) in [5.41, 5.74) is 0. The summed E-state index contributed by atoms with van der Waals surface area (Å²) < 4.78 is 87.2. The SMILES string of the molecule is O=S(=O)(O)c1cc(S(=O)(=O)c2ccc([O-])c(S(=O)(=O)O)c2)ccc1[O-].[Na+].[Na+]. The van der Waals surface area contributed by atoms with E-state index in [1.807, 2.05) is 0 Å². The summed E-state index contributed by atoms with van der Waals surface area (Å²) in [5.74, 6) is -2.31. The van der Waals surface area contributed by atoms with Gasteiger partial charge in [-0.3, -0.25) is 9.11 Å². The van der Waals surface area contributed by atoms with E-state index in [0.717, 1.165) is 12.1 Å². The van der Waals surface area contributed by atoms with Gasteiger partial charge in [0.2, 0.25) is 9.84 Å². The summed E-state index contributed by atoms with van der Waals surface area (Å²) in [6.07, 6.45) is 0. The monoisotopic (exact) mass is 454 g/mol. The Morgan fingerprint density at radius 1 is 0.630 bits per heavy atom. The fourth-order valence-electron chi connectivity index (χ4n) is 1.85. The Kier molecular flexibility index (Phi) is 9.02. The van der Waals surface area contributed by atoms with E-state index in [1.165, 1.54) is 0 Å². The first-order chi connectivity index (χ1) is 11.2. The molecule has 0 spiro atoms. The van der Waals surface area contributed by atoms with E-state index in [1.54, 1.807) is 0 Å². The third-order valence-corrected chi connectivity index (χ3v) is 6.51. The third kappa shape index (κ3) is 5.90. The first kappa shape index (κ1) is 26.8. The van der Waals surface area contributed by atoms with E-state index < -0.39 is 61.2 Å². The number of rotatable bonds is 4. The second-order valence-corrected chi connectivity index (χ2v) is 9.40. The van der Waals surface area contributed by atoms with Crippen LogP contribution in [0.3, 0.4) is 0 Å². The third-order valence-electron chi connectivity index (χ3n) is 3.01. The molecular formula is C12H8Na2O10S3. The second kappa shape index (κ2) is 9.09. The van der Waals surface area contributed by atoms with E-state index in [0.29, 0.717) is 24.3 Å². The first-order valence-corrected chi connectivity index (χ1v) is 10.4.